The molecule has 1 rings (SSSR count). The first-order valence-electron chi connectivity index (χ1n) is 5.38. The highest BCUT2D eigenvalue weighted by Crippen LogP contribution is 2.10. The van der Waals surface area contributed by atoms with Gasteiger partial charge in [-0.3, -0.25) is 4.90 Å². The summed E-state index contributed by atoms with van der Waals surface area (Å²) in [7, 11) is 0. The van der Waals surface area contributed by atoms with Crippen molar-refractivity contribution in [1.29, 1.82) is 0 Å². The summed E-state index contributed by atoms with van der Waals surface area (Å²) >= 11 is 0. The molecule has 1 saturated heterocycles. The maximum absolute atomic E-state index is 11.1. The van der Waals surface area contributed by atoms with Crippen molar-refractivity contribution in [3.05, 3.63) is 0 Å². The third kappa shape index (κ3) is 3.80. The van der Waals surface area contributed by atoms with Gasteiger partial charge in [0.05, 0.1) is 12.6 Å². The lowest BCUT2D eigenvalue weighted by Gasteiger charge is -2.22. The third-order valence-electron chi connectivity index (χ3n) is 2.49. The number of amides is 1. The molecule has 0 aromatic rings. The second kappa shape index (κ2) is 6.31. The quantitative estimate of drug-likeness (QED) is 0.699. The topological polar surface area (TPSA) is 41.6 Å². The molecular weight excluding hydrogens is 192 g/mol. The standard InChI is InChI=1S/C11H18N2O2/c1-3-10(13-7-5-6-8-13)9-12-11(14)15-4-2/h1,10H,4-9H2,2H3,(H,12,14)/t10-/m0/s1. The summed E-state index contributed by atoms with van der Waals surface area (Å²) in [5.41, 5.74) is 0. The zero-order chi connectivity index (χ0) is 11.1. The number of rotatable bonds is 4. The second-order valence-electron chi connectivity index (χ2n) is 3.53. The number of hydrogen-bond acceptors (Lipinski definition) is 3. The van der Waals surface area contributed by atoms with E-state index in [4.69, 9.17) is 11.2 Å². The van der Waals surface area contributed by atoms with Gasteiger partial charge < -0.3 is 10.1 Å². The Bertz CT molecular complexity index is 241. The van der Waals surface area contributed by atoms with Crippen LogP contribution in [0.1, 0.15) is 19.8 Å². The minimum atomic E-state index is -0.392. The van der Waals surface area contributed by atoms with E-state index < -0.39 is 6.09 Å². The summed E-state index contributed by atoms with van der Waals surface area (Å²) in [6.45, 7) is 4.68. The van der Waals surface area contributed by atoms with Gasteiger partial charge in [-0.15, -0.1) is 6.42 Å². The molecular formula is C11H18N2O2. The molecule has 0 aliphatic carbocycles. The Kier molecular flexibility index (Phi) is 4.99. The molecule has 0 bridgehead atoms. The second-order valence-corrected chi connectivity index (χ2v) is 3.53. The molecule has 0 spiro atoms. The lowest BCUT2D eigenvalue weighted by atomic mass is 10.3. The van der Waals surface area contributed by atoms with Crippen LogP contribution in [-0.2, 0) is 4.74 Å². The molecule has 0 aromatic carbocycles. The van der Waals surface area contributed by atoms with Crippen LogP contribution in [0, 0.1) is 12.3 Å². The maximum atomic E-state index is 11.1. The number of nitrogens with one attached hydrogen (secondary N) is 1. The fourth-order valence-electron chi connectivity index (χ4n) is 1.71. The molecule has 0 aromatic heterocycles. The van der Waals surface area contributed by atoms with E-state index in [0.717, 1.165) is 13.1 Å². The zero-order valence-corrected chi connectivity index (χ0v) is 9.16. The van der Waals surface area contributed by atoms with Crippen LogP contribution >= 0.6 is 0 Å². The molecule has 4 nitrogen and oxygen atoms in total. The molecule has 1 aliphatic rings. The SMILES string of the molecule is C#C[C@@H](CNC(=O)OCC)N1CCCC1. The summed E-state index contributed by atoms with van der Waals surface area (Å²) in [6, 6.07) is -0.00286. The van der Waals surface area contributed by atoms with E-state index in [1.54, 1.807) is 6.92 Å². The summed E-state index contributed by atoms with van der Waals surface area (Å²) in [4.78, 5) is 13.3. The first-order valence-corrected chi connectivity index (χ1v) is 5.38. The molecule has 15 heavy (non-hydrogen) atoms. The van der Waals surface area contributed by atoms with E-state index in [0.29, 0.717) is 13.2 Å². The minimum absolute atomic E-state index is 0.00286. The Labute approximate surface area is 91.0 Å². The Hall–Kier alpha value is -1.21. The molecule has 1 heterocycles. The predicted octanol–water partition coefficient (Wildman–Crippen LogP) is 0.830. The zero-order valence-electron chi connectivity index (χ0n) is 9.16. The van der Waals surface area contributed by atoms with Gasteiger partial charge in [0.15, 0.2) is 0 Å². The number of ether oxygens (including phenoxy) is 1. The van der Waals surface area contributed by atoms with Crippen LogP contribution in [0.2, 0.25) is 0 Å². The number of carbonyl (C=O) groups excluding carboxylic acids is 1. The lowest BCUT2D eigenvalue weighted by molar-refractivity contribution is 0.149. The van der Waals surface area contributed by atoms with E-state index in [-0.39, 0.29) is 6.04 Å². The first-order chi connectivity index (χ1) is 7.27. The number of likely N-dealkylation sites (tertiary alicyclic amines) is 1. The number of hydrogen-bond donors (Lipinski definition) is 1. The molecule has 1 atom stereocenters. The molecule has 1 amide bonds. The average molecular weight is 210 g/mol. The normalized spacial score (nSPS) is 18.1. The van der Waals surface area contributed by atoms with E-state index in [1.165, 1.54) is 12.8 Å². The van der Waals surface area contributed by atoms with Crippen molar-refractivity contribution in [3.63, 3.8) is 0 Å². The Balaban J connectivity index is 2.28. The largest absolute Gasteiger partial charge is 0.450 e. The predicted molar refractivity (Wildman–Crippen MR) is 58.5 cm³/mol. The van der Waals surface area contributed by atoms with Crippen LogP contribution in [0.4, 0.5) is 4.79 Å². The first kappa shape index (κ1) is 11.9. The summed E-state index contributed by atoms with van der Waals surface area (Å²) in [5, 5.41) is 2.67. The van der Waals surface area contributed by atoms with E-state index >= 15 is 0 Å². The molecule has 0 saturated carbocycles. The third-order valence-corrected chi connectivity index (χ3v) is 2.49. The van der Waals surface area contributed by atoms with E-state index in [2.05, 4.69) is 16.1 Å². The fraction of sp³-hybridized carbons (Fsp3) is 0.727. The summed E-state index contributed by atoms with van der Waals surface area (Å²) in [5.74, 6) is 2.70. The van der Waals surface area contributed by atoms with Gasteiger partial charge >= 0.3 is 6.09 Å². The number of alkyl carbamates (subject to hydrolysis) is 1. The molecule has 1 fully saturated rings. The van der Waals surface area contributed by atoms with Crippen LogP contribution in [0.25, 0.3) is 0 Å². The van der Waals surface area contributed by atoms with E-state index in [9.17, 15) is 4.79 Å². The highest BCUT2D eigenvalue weighted by Gasteiger charge is 2.20. The molecule has 1 N–H and O–H groups in total. The van der Waals surface area contributed by atoms with Gasteiger partial charge in [0.2, 0.25) is 0 Å². The van der Waals surface area contributed by atoms with Gasteiger partial charge in [0, 0.05) is 6.54 Å². The lowest BCUT2D eigenvalue weighted by Crippen LogP contribution is -2.41. The number of nitrogens with zero attached hydrogens (tertiary/aromatic N) is 1. The van der Waals surface area contributed by atoms with Crippen molar-refractivity contribution >= 4 is 6.09 Å². The Morgan fingerprint density at radius 2 is 2.27 bits per heavy atom. The maximum Gasteiger partial charge on any atom is 0.407 e. The molecule has 1 aliphatic heterocycles. The van der Waals surface area contributed by atoms with Crippen molar-refractivity contribution in [2.45, 2.75) is 25.8 Å². The van der Waals surface area contributed by atoms with Crippen molar-refractivity contribution in [3.8, 4) is 12.3 Å². The van der Waals surface area contributed by atoms with Crippen LogP contribution in [-0.4, -0.2) is 43.3 Å². The van der Waals surface area contributed by atoms with Crippen LogP contribution in [0.3, 0.4) is 0 Å². The Morgan fingerprint density at radius 1 is 1.60 bits per heavy atom. The highest BCUT2D eigenvalue weighted by atomic mass is 16.5. The van der Waals surface area contributed by atoms with Crippen molar-refractivity contribution in [1.82, 2.24) is 10.2 Å². The molecule has 0 radical (unpaired) electrons. The number of carbonyl (C=O) groups is 1. The molecule has 84 valence electrons. The monoisotopic (exact) mass is 210 g/mol. The molecule has 0 unspecified atom stereocenters. The van der Waals surface area contributed by atoms with Gasteiger partial charge in [0.25, 0.3) is 0 Å². The van der Waals surface area contributed by atoms with Gasteiger partial charge in [-0.1, -0.05) is 5.92 Å². The Morgan fingerprint density at radius 3 is 2.80 bits per heavy atom. The molecule has 4 heteroatoms. The van der Waals surface area contributed by atoms with Crippen LogP contribution in [0.5, 0.6) is 0 Å². The van der Waals surface area contributed by atoms with Crippen molar-refractivity contribution < 1.29 is 9.53 Å². The highest BCUT2D eigenvalue weighted by molar-refractivity contribution is 5.67. The van der Waals surface area contributed by atoms with Gasteiger partial charge in [-0.25, -0.2) is 4.79 Å². The van der Waals surface area contributed by atoms with Crippen molar-refractivity contribution in [2.24, 2.45) is 0 Å². The van der Waals surface area contributed by atoms with Crippen LogP contribution in [0.15, 0.2) is 0 Å². The minimum Gasteiger partial charge on any atom is -0.450 e. The smallest absolute Gasteiger partial charge is 0.407 e. The van der Waals surface area contributed by atoms with Gasteiger partial charge in [-0.2, -0.15) is 0 Å². The van der Waals surface area contributed by atoms with Crippen LogP contribution < -0.4 is 5.32 Å². The fourth-order valence-corrected chi connectivity index (χ4v) is 1.71. The summed E-state index contributed by atoms with van der Waals surface area (Å²) < 4.78 is 4.76. The van der Waals surface area contributed by atoms with E-state index in [1.807, 2.05) is 0 Å². The average Bonchev–Trinajstić information content (AvgIpc) is 2.72. The van der Waals surface area contributed by atoms with Crippen molar-refractivity contribution in [2.75, 3.05) is 26.2 Å². The summed E-state index contributed by atoms with van der Waals surface area (Å²) in [6.07, 6.45) is 7.42. The van der Waals surface area contributed by atoms with Gasteiger partial charge in [-0.05, 0) is 32.9 Å². The number of terminal acetylenes is 1. The van der Waals surface area contributed by atoms with Gasteiger partial charge in [0.1, 0.15) is 0 Å².